The minimum atomic E-state index is 0.676. The molecule has 0 unspecified atom stereocenters. The maximum absolute atomic E-state index is 5.98. The molecule has 2 heterocycles. The summed E-state index contributed by atoms with van der Waals surface area (Å²) in [7, 11) is 0. The summed E-state index contributed by atoms with van der Waals surface area (Å²) < 4.78 is 5.98. The van der Waals surface area contributed by atoms with Crippen molar-refractivity contribution in [1.29, 1.82) is 0 Å². The molecule has 3 rings (SSSR count). The number of pyridine rings is 1. The van der Waals surface area contributed by atoms with Crippen molar-refractivity contribution in [2.24, 2.45) is 0 Å². The number of rotatable bonds is 5. The first kappa shape index (κ1) is 14.5. The Kier molecular flexibility index (Phi) is 4.34. The molecule has 1 N–H and O–H groups in total. The summed E-state index contributed by atoms with van der Waals surface area (Å²) in [5.74, 6) is 2.17. The van der Waals surface area contributed by atoms with Crippen molar-refractivity contribution in [3.63, 3.8) is 0 Å². The predicted octanol–water partition coefficient (Wildman–Crippen LogP) is 4.94. The van der Waals surface area contributed by atoms with E-state index < -0.39 is 0 Å². The average molecular weight is 311 g/mol. The monoisotopic (exact) mass is 311 g/mol. The molecule has 22 heavy (non-hydrogen) atoms. The Balaban J connectivity index is 1.91. The Morgan fingerprint density at radius 3 is 2.73 bits per heavy atom. The summed E-state index contributed by atoms with van der Waals surface area (Å²) in [6.45, 7) is 4.07. The number of thiazole rings is 1. The minimum absolute atomic E-state index is 0.676. The van der Waals surface area contributed by atoms with Gasteiger partial charge in [0.05, 0.1) is 5.69 Å². The second kappa shape index (κ2) is 6.58. The molecule has 0 saturated carbocycles. The fraction of sp³-hybridized carbons (Fsp3) is 0.176. The molecule has 0 bridgehead atoms. The van der Waals surface area contributed by atoms with Crippen molar-refractivity contribution in [1.82, 2.24) is 9.97 Å². The standard InChI is InChI=1S/C17H17N3OS/c1-3-13-9-15(21-14-7-5-4-6-8-14)16(18-10-13)20-17-19-12(2)11-22-17/h4-11H,3H2,1-2H3,(H,18,19,20). The first-order chi connectivity index (χ1) is 10.7. The van der Waals surface area contributed by atoms with Gasteiger partial charge in [-0.1, -0.05) is 25.1 Å². The maximum atomic E-state index is 5.98. The van der Waals surface area contributed by atoms with Crippen molar-refractivity contribution >= 4 is 22.3 Å². The summed E-state index contributed by atoms with van der Waals surface area (Å²) in [6.07, 6.45) is 2.77. The molecule has 0 saturated heterocycles. The predicted molar refractivity (Wildman–Crippen MR) is 90.3 cm³/mol. The number of nitrogens with one attached hydrogen (secondary N) is 1. The lowest BCUT2D eigenvalue weighted by Gasteiger charge is -2.12. The SMILES string of the molecule is CCc1cnc(Nc2nc(C)cs2)c(Oc2ccccc2)c1. The van der Waals surface area contributed by atoms with Crippen LogP contribution in [0.5, 0.6) is 11.5 Å². The van der Waals surface area contributed by atoms with E-state index in [2.05, 4.69) is 22.2 Å². The van der Waals surface area contributed by atoms with Gasteiger partial charge in [0, 0.05) is 11.6 Å². The van der Waals surface area contributed by atoms with Crippen molar-refractivity contribution in [2.75, 3.05) is 5.32 Å². The van der Waals surface area contributed by atoms with Crippen molar-refractivity contribution in [3.05, 3.63) is 59.2 Å². The Bertz CT molecular complexity index is 756. The van der Waals surface area contributed by atoms with Gasteiger partial charge in [0.2, 0.25) is 0 Å². The van der Waals surface area contributed by atoms with Crippen LogP contribution in [0.2, 0.25) is 0 Å². The lowest BCUT2D eigenvalue weighted by molar-refractivity contribution is 0.482. The van der Waals surface area contributed by atoms with Crippen LogP contribution in [0.1, 0.15) is 18.2 Å². The van der Waals surface area contributed by atoms with Crippen LogP contribution in [0.4, 0.5) is 10.9 Å². The quantitative estimate of drug-likeness (QED) is 0.724. The second-order valence-corrected chi connectivity index (χ2v) is 5.74. The summed E-state index contributed by atoms with van der Waals surface area (Å²) in [6, 6.07) is 11.7. The molecule has 0 radical (unpaired) electrons. The third kappa shape index (κ3) is 3.43. The maximum Gasteiger partial charge on any atom is 0.188 e. The molecule has 3 aromatic rings. The van der Waals surface area contributed by atoms with Gasteiger partial charge in [0.1, 0.15) is 5.75 Å². The van der Waals surface area contributed by atoms with Crippen LogP contribution in [0.15, 0.2) is 48.0 Å². The largest absolute Gasteiger partial charge is 0.453 e. The highest BCUT2D eigenvalue weighted by molar-refractivity contribution is 7.13. The Labute approximate surface area is 133 Å². The topological polar surface area (TPSA) is 47.0 Å². The van der Waals surface area contributed by atoms with Gasteiger partial charge >= 0.3 is 0 Å². The van der Waals surface area contributed by atoms with Gasteiger partial charge in [0.25, 0.3) is 0 Å². The first-order valence-electron chi connectivity index (χ1n) is 7.15. The fourth-order valence-electron chi connectivity index (χ4n) is 1.98. The normalized spacial score (nSPS) is 10.5. The van der Waals surface area contributed by atoms with E-state index in [0.717, 1.165) is 28.6 Å². The number of hydrogen-bond donors (Lipinski definition) is 1. The van der Waals surface area contributed by atoms with E-state index in [1.165, 1.54) is 0 Å². The molecule has 0 amide bonds. The zero-order valence-electron chi connectivity index (χ0n) is 12.5. The number of para-hydroxylation sites is 1. The fourth-order valence-corrected chi connectivity index (χ4v) is 2.67. The molecular formula is C17H17N3OS. The van der Waals surface area contributed by atoms with Gasteiger partial charge in [-0.25, -0.2) is 9.97 Å². The number of hydrogen-bond acceptors (Lipinski definition) is 5. The molecule has 0 aliphatic rings. The van der Waals surface area contributed by atoms with Crippen LogP contribution in [0, 0.1) is 6.92 Å². The van der Waals surface area contributed by atoms with Crippen LogP contribution in [0.3, 0.4) is 0 Å². The second-order valence-electron chi connectivity index (χ2n) is 4.88. The molecule has 5 heteroatoms. The van der Waals surface area contributed by atoms with Crippen LogP contribution in [0.25, 0.3) is 0 Å². The summed E-state index contributed by atoms with van der Waals surface area (Å²) in [4.78, 5) is 8.89. The van der Waals surface area contributed by atoms with Crippen molar-refractivity contribution in [2.45, 2.75) is 20.3 Å². The van der Waals surface area contributed by atoms with Crippen LogP contribution in [-0.4, -0.2) is 9.97 Å². The minimum Gasteiger partial charge on any atom is -0.453 e. The molecule has 4 nitrogen and oxygen atoms in total. The average Bonchev–Trinajstić information content (AvgIpc) is 2.95. The van der Waals surface area contributed by atoms with E-state index in [0.29, 0.717) is 11.6 Å². The van der Waals surface area contributed by atoms with Gasteiger partial charge in [-0.05, 0) is 37.1 Å². The van der Waals surface area contributed by atoms with E-state index >= 15 is 0 Å². The van der Waals surface area contributed by atoms with E-state index in [1.54, 1.807) is 11.3 Å². The summed E-state index contributed by atoms with van der Waals surface area (Å²) >= 11 is 1.55. The number of nitrogens with zero attached hydrogens (tertiary/aromatic N) is 2. The highest BCUT2D eigenvalue weighted by atomic mass is 32.1. The molecule has 0 aliphatic heterocycles. The molecule has 0 atom stereocenters. The van der Waals surface area contributed by atoms with E-state index in [-0.39, 0.29) is 0 Å². The number of ether oxygens (including phenoxy) is 1. The molecular weight excluding hydrogens is 294 g/mol. The van der Waals surface area contributed by atoms with Crippen molar-refractivity contribution < 1.29 is 4.74 Å². The van der Waals surface area contributed by atoms with E-state index in [9.17, 15) is 0 Å². The van der Waals surface area contributed by atoms with Crippen LogP contribution in [-0.2, 0) is 6.42 Å². The highest BCUT2D eigenvalue weighted by Crippen LogP contribution is 2.31. The van der Waals surface area contributed by atoms with Gasteiger partial charge in [-0.15, -0.1) is 11.3 Å². The third-order valence-corrected chi connectivity index (χ3v) is 4.01. The molecule has 1 aromatic carbocycles. The third-order valence-electron chi connectivity index (χ3n) is 3.13. The van der Waals surface area contributed by atoms with Crippen LogP contribution < -0.4 is 10.1 Å². The lowest BCUT2D eigenvalue weighted by atomic mass is 10.2. The Morgan fingerprint density at radius 2 is 2.05 bits per heavy atom. The molecule has 0 aliphatic carbocycles. The smallest absolute Gasteiger partial charge is 0.188 e. The molecule has 112 valence electrons. The number of benzene rings is 1. The van der Waals surface area contributed by atoms with Crippen molar-refractivity contribution in [3.8, 4) is 11.5 Å². The van der Waals surface area contributed by atoms with Gasteiger partial charge in [0.15, 0.2) is 16.7 Å². The number of aryl methyl sites for hydroxylation is 2. The zero-order valence-corrected chi connectivity index (χ0v) is 13.4. The Hall–Kier alpha value is -2.40. The van der Waals surface area contributed by atoms with Crippen LogP contribution >= 0.6 is 11.3 Å². The number of anilines is 2. The summed E-state index contributed by atoms with van der Waals surface area (Å²) in [5, 5.41) is 6.05. The van der Waals surface area contributed by atoms with E-state index in [1.807, 2.05) is 54.9 Å². The first-order valence-corrected chi connectivity index (χ1v) is 8.03. The number of aromatic nitrogens is 2. The molecule has 0 spiro atoms. The highest BCUT2D eigenvalue weighted by Gasteiger charge is 2.10. The zero-order chi connectivity index (χ0) is 15.4. The van der Waals surface area contributed by atoms with Gasteiger partial charge < -0.3 is 10.1 Å². The Morgan fingerprint density at radius 1 is 1.23 bits per heavy atom. The molecule has 2 aromatic heterocycles. The van der Waals surface area contributed by atoms with Gasteiger partial charge in [-0.3, -0.25) is 0 Å². The molecule has 0 fully saturated rings. The lowest BCUT2D eigenvalue weighted by Crippen LogP contribution is -1.98. The summed E-state index contributed by atoms with van der Waals surface area (Å²) in [5.41, 5.74) is 2.12. The van der Waals surface area contributed by atoms with Gasteiger partial charge in [-0.2, -0.15) is 0 Å². The van der Waals surface area contributed by atoms with E-state index in [4.69, 9.17) is 4.74 Å².